The fourth-order valence-electron chi connectivity index (χ4n) is 3.55. The Morgan fingerprint density at radius 1 is 0.864 bits per heavy atom. The fraction of sp³-hybridized carbons (Fsp3) is 0.400. The molecule has 0 unspecified atom stereocenters. The first-order valence-corrected chi connectivity index (χ1v) is 8.11. The molecule has 0 spiro atoms. The van der Waals surface area contributed by atoms with Gasteiger partial charge in [-0.3, -0.25) is 0 Å². The average molecular weight is 296 g/mol. The van der Waals surface area contributed by atoms with E-state index in [1.165, 1.54) is 31.2 Å². The SMILES string of the molecule is CC(C)(c1ccc(O)cc1)c1ccc(O)c(C2CCCC2)c1. The van der Waals surface area contributed by atoms with E-state index in [1.807, 2.05) is 24.3 Å². The van der Waals surface area contributed by atoms with Crippen LogP contribution in [0.2, 0.25) is 0 Å². The molecule has 0 atom stereocenters. The Hall–Kier alpha value is -1.96. The van der Waals surface area contributed by atoms with Gasteiger partial charge in [-0.2, -0.15) is 0 Å². The van der Waals surface area contributed by atoms with Crippen molar-refractivity contribution in [1.29, 1.82) is 0 Å². The highest BCUT2D eigenvalue weighted by atomic mass is 16.3. The number of rotatable bonds is 3. The van der Waals surface area contributed by atoms with Gasteiger partial charge in [0, 0.05) is 5.41 Å². The van der Waals surface area contributed by atoms with E-state index in [0.717, 1.165) is 11.1 Å². The first kappa shape index (κ1) is 15.0. The minimum atomic E-state index is -0.158. The summed E-state index contributed by atoms with van der Waals surface area (Å²) in [5.74, 6) is 1.21. The van der Waals surface area contributed by atoms with Crippen LogP contribution in [0, 0.1) is 0 Å². The van der Waals surface area contributed by atoms with Gasteiger partial charge in [-0.25, -0.2) is 0 Å². The van der Waals surface area contributed by atoms with Crippen LogP contribution in [-0.2, 0) is 5.41 Å². The van der Waals surface area contributed by atoms with E-state index in [4.69, 9.17) is 0 Å². The normalized spacial score (nSPS) is 16.1. The van der Waals surface area contributed by atoms with Crippen molar-refractivity contribution in [2.45, 2.75) is 50.9 Å². The summed E-state index contributed by atoms with van der Waals surface area (Å²) >= 11 is 0. The molecule has 2 aromatic carbocycles. The summed E-state index contributed by atoms with van der Waals surface area (Å²) in [4.78, 5) is 0. The minimum Gasteiger partial charge on any atom is -0.508 e. The molecule has 116 valence electrons. The Morgan fingerprint density at radius 2 is 1.45 bits per heavy atom. The molecule has 1 aliphatic rings. The molecular formula is C20H24O2. The van der Waals surface area contributed by atoms with Crippen molar-refractivity contribution in [1.82, 2.24) is 0 Å². The van der Waals surface area contributed by atoms with Crippen molar-refractivity contribution in [3.05, 3.63) is 59.2 Å². The number of benzene rings is 2. The highest BCUT2D eigenvalue weighted by Crippen LogP contribution is 2.41. The standard InChI is InChI=1S/C20H24O2/c1-20(2,15-7-10-17(21)11-8-15)16-9-12-19(22)18(13-16)14-5-3-4-6-14/h7-14,21-22H,3-6H2,1-2H3. The molecule has 0 amide bonds. The van der Waals surface area contributed by atoms with Crippen LogP contribution in [0.5, 0.6) is 11.5 Å². The van der Waals surface area contributed by atoms with Crippen molar-refractivity contribution >= 4 is 0 Å². The Morgan fingerprint density at radius 3 is 2.09 bits per heavy atom. The van der Waals surface area contributed by atoms with E-state index in [0.29, 0.717) is 11.7 Å². The van der Waals surface area contributed by atoms with Gasteiger partial charge in [0.2, 0.25) is 0 Å². The van der Waals surface area contributed by atoms with Gasteiger partial charge in [-0.1, -0.05) is 51.0 Å². The van der Waals surface area contributed by atoms with E-state index in [-0.39, 0.29) is 11.2 Å². The van der Waals surface area contributed by atoms with Crippen LogP contribution in [0.3, 0.4) is 0 Å². The van der Waals surface area contributed by atoms with E-state index in [2.05, 4.69) is 19.9 Å². The molecule has 2 aromatic rings. The van der Waals surface area contributed by atoms with Crippen LogP contribution in [0.4, 0.5) is 0 Å². The van der Waals surface area contributed by atoms with Crippen LogP contribution < -0.4 is 0 Å². The lowest BCUT2D eigenvalue weighted by Gasteiger charge is -2.27. The van der Waals surface area contributed by atoms with Crippen molar-refractivity contribution < 1.29 is 10.2 Å². The highest BCUT2D eigenvalue weighted by molar-refractivity contribution is 5.46. The maximum Gasteiger partial charge on any atom is 0.119 e. The monoisotopic (exact) mass is 296 g/mol. The fourth-order valence-corrected chi connectivity index (χ4v) is 3.55. The zero-order chi connectivity index (χ0) is 15.7. The molecule has 2 N–H and O–H groups in total. The molecule has 1 fully saturated rings. The summed E-state index contributed by atoms with van der Waals surface area (Å²) in [5.41, 5.74) is 3.31. The second kappa shape index (κ2) is 5.68. The molecule has 0 aromatic heterocycles. The lowest BCUT2D eigenvalue weighted by molar-refractivity contribution is 0.460. The molecule has 3 rings (SSSR count). The summed E-state index contributed by atoms with van der Waals surface area (Å²) in [6.07, 6.45) is 4.87. The Labute approximate surface area is 132 Å². The minimum absolute atomic E-state index is 0.158. The van der Waals surface area contributed by atoms with Gasteiger partial charge in [0.1, 0.15) is 11.5 Å². The van der Waals surface area contributed by atoms with E-state index >= 15 is 0 Å². The van der Waals surface area contributed by atoms with Crippen LogP contribution in [-0.4, -0.2) is 10.2 Å². The topological polar surface area (TPSA) is 40.5 Å². The van der Waals surface area contributed by atoms with Crippen molar-refractivity contribution in [3.8, 4) is 11.5 Å². The summed E-state index contributed by atoms with van der Waals surface area (Å²) < 4.78 is 0. The maximum absolute atomic E-state index is 10.2. The number of phenols is 2. The summed E-state index contributed by atoms with van der Waals surface area (Å²) in [6, 6.07) is 13.4. The summed E-state index contributed by atoms with van der Waals surface area (Å²) in [5, 5.41) is 19.7. The van der Waals surface area contributed by atoms with Gasteiger partial charge in [0.15, 0.2) is 0 Å². The maximum atomic E-state index is 10.2. The Kier molecular flexibility index (Phi) is 3.86. The van der Waals surface area contributed by atoms with E-state index in [1.54, 1.807) is 12.1 Å². The third-order valence-corrected chi connectivity index (χ3v) is 5.13. The Bertz CT molecular complexity index is 650. The molecular weight excluding hydrogens is 272 g/mol. The average Bonchev–Trinajstić information content (AvgIpc) is 3.02. The van der Waals surface area contributed by atoms with Gasteiger partial charge < -0.3 is 10.2 Å². The van der Waals surface area contributed by atoms with Crippen LogP contribution in [0.25, 0.3) is 0 Å². The number of aromatic hydroxyl groups is 2. The van der Waals surface area contributed by atoms with Crippen LogP contribution >= 0.6 is 0 Å². The smallest absolute Gasteiger partial charge is 0.119 e. The third-order valence-electron chi connectivity index (χ3n) is 5.13. The molecule has 0 saturated heterocycles. The molecule has 0 bridgehead atoms. The molecule has 1 aliphatic carbocycles. The Balaban J connectivity index is 1.99. The number of phenolic OH excluding ortho intramolecular Hbond substituents is 2. The predicted molar refractivity (Wildman–Crippen MR) is 89.6 cm³/mol. The van der Waals surface area contributed by atoms with Gasteiger partial charge in [0.05, 0.1) is 0 Å². The van der Waals surface area contributed by atoms with E-state index in [9.17, 15) is 10.2 Å². The summed E-state index contributed by atoms with van der Waals surface area (Å²) in [7, 11) is 0. The van der Waals surface area contributed by atoms with Gasteiger partial charge in [-0.15, -0.1) is 0 Å². The first-order chi connectivity index (χ1) is 10.5. The van der Waals surface area contributed by atoms with E-state index < -0.39 is 0 Å². The third kappa shape index (κ3) is 2.70. The molecule has 1 saturated carbocycles. The lowest BCUT2D eigenvalue weighted by Crippen LogP contribution is -2.19. The number of hydrogen-bond acceptors (Lipinski definition) is 2. The van der Waals surface area contributed by atoms with Crippen LogP contribution in [0.1, 0.15) is 62.1 Å². The van der Waals surface area contributed by atoms with Crippen molar-refractivity contribution in [2.24, 2.45) is 0 Å². The number of hydrogen-bond donors (Lipinski definition) is 2. The highest BCUT2D eigenvalue weighted by Gasteiger charge is 2.26. The molecule has 2 heteroatoms. The lowest BCUT2D eigenvalue weighted by atomic mass is 9.77. The molecule has 2 nitrogen and oxygen atoms in total. The largest absolute Gasteiger partial charge is 0.508 e. The molecule has 0 aliphatic heterocycles. The van der Waals surface area contributed by atoms with Crippen molar-refractivity contribution in [2.75, 3.05) is 0 Å². The summed E-state index contributed by atoms with van der Waals surface area (Å²) in [6.45, 7) is 4.37. The van der Waals surface area contributed by atoms with Crippen LogP contribution in [0.15, 0.2) is 42.5 Å². The molecule has 0 heterocycles. The second-order valence-corrected chi connectivity index (χ2v) is 6.93. The van der Waals surface area contributed by atoms with Gasteiger partial charge in [-0.05, 0) is 53.6 Å². The first-order valence-electron chi connectivity index (χ1n) is 8.11. The quantitative estimate of drug-likeness (QED) is 0.829. The zero-order valence-electron chi connectivity index (χ0n) is 13.3. The second-order valence-electron chi connectivity index (χ2n) is 6.93. The molecule has 0 radical (unpaired) electrons. The molecule has 22 heavy (non-hydrogen) atoms. The van der Waals surface area contributed by atoms with Gasteiger partial charge in [0.25, 0.3) is 0 Å². The predicted octanol–water partition coefficient (Wildman–Crippen LogP) is 5.08. The van der Waals surface area contributed by atoms with Gasteiger partial charge >= 0.3 is 0 Å². The zero-order valence-corrected chi connectivity index (χ0v) is 13.3. The van der Waals surface area contributed by atoms with Crippen molar-refractivity contribution in [3.63, 3.8) is 0 Å².